The average molecular weight is 340 g/mol. The number of fused-ring (bicyclic) bond motifs is 1. The van der Waals surface area contributed by atoms with Crippen molar-refractivity contribution in [3.05, 3.63) is 59.4 Å². The molecule has 5 heteroatoms. The first-order chi connectivity index (χ1) is 12.1. The summed E-state index contributed by atoms with van der Waals surface area (Å²) >= 11 is 0. The molecule has 130 valence electrons. The predicted molar refractivity (Wildman–Crippen MR) is 94.5 cm³/mol. The molecule has 3 aromatic rings. The number of esters is 1. The lowest BCUT2D eigenvalue weighted by Gasteiger charge is -2.07. The SMILES string of the molecule is COc1ccc2oc(C(=O)OCCOc3ccc(C)cc3)c(C)c2c1. The summed E-state index contributed by atoms with van der Waals surface area (Å²) in [5.41, 5.74) is 2.52. The highest BCUT2D eigenvalue weighted by Gasteiger charge is 2.19. The highest BCUT2D eigenvalue weighted by Crippen LogP contribution is 2.29. The van der Waals surface area contributed by atoms with Gasteiger partial charge in [0.15, 0.2) is 0 Å². The summed E-state index contributed by atoms with van der Waals surface area (Å²) in [6, 6.07) is 13.1. The molecule has 25 heavy (non-hydrogen) atoms. The molecule has 0 spiro atoms. The molecule has 0 aliphatic heterocycles. The average Bonchev–Trinajstić information content (AvgIpc) is 2.96. The van der Waals surface area contributed by atoms with Crippen molar-refractivity contribution in [2.45, 2.75) is 13.8 Å². The zero-order valence-corrected chi connectivity index (χ0v) is 14.5. The van der Waals surface area contributed by atoms with Gasteiger partial charge in [0.05, 0.1) is 7.11 Å². The van der Waals surface area contributed by atoms with Crippen LogP contribution >= 0.6 is 0 Å². The molecule has 1 aromatic heterocycles. The number of rotatable bonds is 6. The fraction of sp³-hybridized carbons (Fsp3) is 0.250. The highest BCUT2D eigenvalue weighted by atomic mass is 16.6. The van der Waals surface area contributed by atoms with Crippen molar-refractivity contribution in [3.8, 4) is 11.5 Å². The smallest absolute Gasteiger partial charge is 0.374 e. The van der Waals surface area contributed by atoms with Crippen molar-refractivity contribution in [3.63, 3.8) is 0 Å². The van der Waals surface area contributed by atoms with E-state index in [-0.39, 0.29) is 19.0 Å². The number of ether oxygens (including phenoxy) is 3. The largest absolute Gasteiger partial charge is 0.497 e. The van der Waals surface area contributed by atoms with Gasteiger partial charge < -0.3 is 18.6 Å². The minimum absolute atomic E-state index is 0.145. The normalized spacial score (nSPS) is 10.7. The van der Waals surface area contributed by atoms with Crippen LogP contribution in [0.15, 0.2) is 46.9 Å². The van der Waals surface area contributed by atoms with Gasteiger partial charge in [-0.1, -0.05) is 17.7 Å². The Morgan fingerprint density at radius 1 is 1.00 bits per heavy atom. The van der Waals surface area contributed by atoms with E-state index in [1.807, 2.05) is 44.2 Å². The third-order valence-corrected chi connectivity index (χ3v) is 3.93. The van der Waals surface area contributed by atoms with E-state index in [9.17, 15) is 4.79 Å². The van der Waals surface area contributed by atoms with E-state index in [0.717, 1.165) is 22.3 Å². The summed E-state index contributed by atoms with van der Waals surface area (Å²) in [5, 5.41) is 0.835. The van der Waals surface area contributed by atoms with Crippen molar-refractivity contribution in [2.75, 3.05) is 20.3 Å². The van der Waals surface area contributed by atoms with Crippen LogP contribution in [-0.4, -0.2) is 26.3 Å². The van der Waals surface area contributed by atoms with Crippen LogP contribution in [0.2, 0.25) is 0 Å². The molecule has 0 N–H and O–H groups in total. The standard InChI is InChI=1S/C20H20O5/c1-13-4-6-15(7-5-13)23-10-11-24-20(21)19-14(2)17-12-16(22-3)8-9-18(17)25-19/h4-9,12H,10-11H2,1-3H3. The van der Waals surface area contributed by atoms with E-state index < -0.39 is 5.97 Å². The van der Waals surface area contributed by atoms with Gasteiger partial charge in [0.1, 0.15) is 30.3 Å². The minimum Gasteiger partial charge on any atom is -0.497 e. The van der Waals surface area contributed by atoms with E-state index in [4.69, 9.17) is 18.6 Å². The second-order valence-corrected chi connectivity index (χ2v) is 5.72. The zero-order valence-electron chi connectivity index (χ0n) is 14.5. The van der Waals surface area contributed by atoms with Gasteiger partial charge >= 0.3 is 5.97 Å². The van der Waals surface area contributed by atoms with E-state index >= 15 is 0 Å². The Morgan fingerprint density at radius 3 is 2.44 bits per heavy atom. The second kappa shape index (κ2) is 7.30. The number of aryl methyl sites for hydroxylation is 2. The van der Waals surface area contributed by atoms with E-state index in [0.29, 0.717) is 11.3 Å². The molecule has 0 bridgehead atoms. The van der Waals surface area contributed by atoms with Gasteiger partial charge in [-0.3, -0.25) is 0 Å². The molecule has 0 saturated carbocycles. The maximum absolute atomic E-state index is 12.2. The Balaban J connectivity index is 1.60. The van der Waals surface area contributed by atoms with Crippen molar-refractivity contribution in [2.24, 2.45) is 0 Å². The quantitative estimate of drug-likeness (QED) is 0.495. The third-order valence-electron chi connectivity index (χ3n) is 3.93. The molecule has 3 rings (SSSR count). The zero-order chi connectivity index (χ0) is 17.8. The van der Waals surface area contributed by atoms with Gasteiger partial charge in [-0.2, -0.15) is 0 Å². The molecule has 1 heterocycles. The van der Waals surface area contributed by atoms with Gasteiger partial charge in [-0.05, 0) is 44.2 Å². The summed E-state index contributed by atoms with van der Waals surface area (Å²) in [4.78, 5) is 12.2. The monoisotopic (exact) mass is 340 g/mol. The van der Waals surface area contributed by atoms with Crippen LogP contribution < -0.4 is 9.47 Å². The number of carbonyl (C=O) groups excluding carboxylic acids is 1. The van der Waals surface area contributed by atoms with E-state index in [2.05, 4.69) is 0 Å². The molecule has 0 aliphatic rings. The summed E-state index contributed by atoms with van der Waals surface area (Å²) in [6.45, 7) is 4.26. The van der Waals surface area contributed by atoms with Crippen LogP contribution in [0.1, 0.15) is 21.7 Å². The minimum atomic E-state index is -0.500. The topological polar surface area (TPSA) is 57.9 Å². The first-order valence-corrected chi connectivity index (χ1v) is 8.02. The number of methoxy groups -OCH3 is 1. The van der Waals surface area contributed by atoms with Crippen LogP contribution in [0.4, 0.5) is 0 Å². The van der Waals surface area contributed by atoms with Crippen LogP contribution in [0.3, 0.4) is 0 Å². The Hall–Kier alpha value is -2.95. The van der Waals surface area contributed by atoms with Gasteiger partial charge in [-0.25, -0.2) is 4.79 Å². The molecule has 0 atom stereocenters. The first kappa shape index (κ1) is 16.9. The van der Waals surface area contributed by atoms with Crippen molar-refractivity contribution in [1.82, 2.24) is 0 Å². The number of benzene rings is 2. The highest BCUT2D eigenvalue weighted by molar-refractivity contribution is 5.96. The lowest BCUT2D eigenvalue weighted by Crippen LogP contribution is -2.12. The van der Waals surface area contributed by atoms with Gasteiger partial charge in [0.25, 0.3) is 0 Å². The summed E-state index contributed by atoms with van der Waals surface area (Å²) < 4.78 is 21.6. The Labute approximate surface area is 146 Å². The maximum Gasteiger partial charge on any atom is 0.374 e. The molecule has 0 amide bonds. The Kier molecular flexibility index (Phi) is 4.93. The molecule has 2 aromatic carbocycles. The lowest BCUT2D eigenvalue weighted by atomic mass is 10.1. The van der Waals surface area contributed by atoms with Crippen molar-refractivity contribution < 1.29 is 23.4 Å². The maximum atomic E-state index is 12.2. The van der Waals surface area contributed by atoms with Gasteiger partial charge in [-0.15, -0.1) is 0 Å². The fourth-order valence-electron chi connectivity index (χ4n) is 2.52. The van der Waals surface area contributed by atoms with Gasteiger partial charge in [0.2, 0.25) is 5.76 Å². The fourth-order valence-corrected chi connectivity index (χ4v) is 2.52. The second-order valence-electron chi connectivity index (χ2n) is 5.72. The van der Waals surface area contributed by atoms with Crippen LogP contribution in [0.25, 0.3) is 11.0 Å². The molecule has 0 radical (unpaired) electrons. The molecule has 0 saturated heterocycles. The number of furan rings is 1. The van der Waals surface area contributed by atoms with E-state index in [1.165, 1.54) is 0 Å². The predicted octanol–water partition coefficient (Wildman–Crippen LogP) is 4.29. The molecular formula is C20H20O5. The Bertz CT molecular complexity index is 877. The van der Waals surface area contributed by atoms with E-state index in [1.54, 1.807) is 19.2 Å². The molecule has 0 unspecified atom stereocenters. The van der Waals surface area contributed by atoms with Crippen molar-refractivity contribution in [1.29, 1.82) is 0 Å². The third kappa shape index (κ3) is 3.76. The molecule has 5 nitrogen and oxygen atoms in total. The number of hydrogen-bond acceptors (Lipinski definition) is 5. The lowest BCUT2D eigenvalue weighted by molar-refractivity contribution is 0.0416. The first-order valence-electron chi connectivity index (χ1n) is 8.02. The number of carbonyl (C=O) groups is 1. The van der Waals surface area contributed by atoms with Gasteiger partial charge in [0, 0.05) is 10.9 Å². The number of hydrogen-bond donors (Lipinski definition) is 0. The molecule has 0 aliphatic carbocycles. The van der Waals surface area contributed by atoms with Crippen molar-refractivity contribution >= 4 is 16.9 Å². The van der Waals surface area contributed by atoms with Crippen LogP contribution in [-0.2, 0) is 4.74 Å². The summed E-state index contributed by atoms with van der Waals surface area (Å²) in [5.74, 6) is 1.16. The summed E-state index contributed by atoms with van der Waals surface area (Å²) in [7, 11) is 1.60. The molecule has 0 fully saturated rings. The molecular weight excluding hydrogens is 320 g/mol. The summed E-state index contributed by atoms with van der Waals surface area (Å²) in [6.07, 6.45) is 0. The van der Waals surface area contributed by atoms with Crippen LogP contribution in [0.5, 0.6) is 11.5 Å². The van der Waals surface area contributed by atoms with Crippen LogP contribution in [0, 0.1) is 13.8 Å². The Morgan fingerprint density at radius 2 is 1.72 bits per heavy atom.